The van der Waals surface area contributed by atoms with Crippen molar-refractivity contribution in [3.05, 3.63) is 46.1 Å². The fourth-order valence-corrected chi connectivity index (χ4v) is 4.20. The van der Waals surface area contributed by atoms with E-state index in [1.807, 2.05) is 0 Å². The van der Waals surface area contributed by atoms with Crippen molar-refractivity contribution in [2.75, 3.05) is 31.6 Å². The van der Waals surface area contributed by atoms with Gasteiger partial charge in [0.05, 0.1) is 25.3 Å². The number of ether oxygens (including phenoxy) is 1. The van der Waals surface area contributed by atoms with Gasteiger partial charge < -0.3 is 15.0 Å². The van der Waals surface area contributed by atoms with E-state index in [1.165, 1.54) is 6.07 Å². The lowest BCUT2D eigenvalue weighted by Crippen LogP contribution is -2.51. The Morgan fingerprint density at radius 1 is 1.38 bits per heavy atom. The summed E-state index contributed by atoms with van der Waals surface area (Å²) in [4.78, 5) is 13.2. The molecule has 4 rings (SSSR count). The number of rotatable bonds is 5. The number of hydrogen-bond donors (Lipinski definition) is 1. The number of nitriles is 1. The highest BCUT2D eigenvalue weighted by atomic mass is 35.5. The van der Waals surface area contributed by atoms with Gasteiger partial charge in [-0.15, -0.1) is 0 Å². The molecule has 0 aliphatic carbocycles. The summed E-state index contributed by atoms with van der Waals surface area (Å²) >= 11 is 6.21. The second-order valence-electron chi connectivity index (χ2n) is 7.27. The molecule has 2 aliphatic rings. The third-order valence-corrected chi connectivity index (χ3v) is 5.54. The molecule has 2 aliphatic heterocycles. The van der Waals surface area contributed by atoms with E-state index >= 15 is 0 Å². The summed E-state index contributed by atoms with van der Waals surface area (Å²) in [5, 5.41) is 12.6. The monoisotopic (exact) mass is 416 g/mol. The van der Waals surface area contributed by atoms with Gasteiger partial charge in [0.15, 0.2) is 0 Å². The zero-order valence-corrected chi connectivity index (χ0v) is 16.9. The van der Waals surface area contributed by atoms with Crippen LogP contribution < -0.4 is 15.0 Å². The molecule has 0 saturated carbocycles. The molecule has 1 aromatic carbocycles. The molecule has 0 amide bonds. The number of halogens is 2. The second-order valence-corrected chi connectivity index (χ2v) is 7.60. The van der Waals surface area contributed by atoms with Crippen molar-refractivity contribution in [1.82, 2.24) is 20.2 Å². The average molecular weight is 417 g/mol. The standard InChI is InChI=1S/C20H22ClFN6O/c1-29-18-4-2-3-16(22)14(18)10-27-11-15-17(12-27)25-20(21)26-19(15)28-8-7-24-13(9-28)5-6-23/h2-4,13,24H,5,7-12H2,1H3/t13-/m0/s1. The van der Waals surface area contributed by atoms with Gasteiger partial charge in [0.1, 0.15) is 17.4 Å². The minimum Gasteiger partial charge on any atom is -0.496 e. The molecule has 1 saturated heterocycles. The van der Waals surface area contributed by atoms with Crippen LogP contribution in [0.2, 0.25) is 5.28 Å². The molecule has 1 aromatic heterocycles. The number of anilines is 1. The Morgan fingerprint density at radius 3 is 3.03 bits per heavy atom. The molecule has 7 nitrogen and oxygen atoms in total. The van der Waals surface area contributed by atoms with Crippen molar-refractivity contribution >= 4 is 17.4 Å². The highest BCUT2D eigenvalue weighted by Crippen LogP contribution is 2.33. The van der Waals surface area contributed by atoms with Crippen LogP contribution in [0.15, 0.2) is 18.2 Å². The van der Waals surface area contributed by atoms with Crippen LogP contribution in [0.5, 0.6) is 5.75 Å². The first-order valence-corrected chi connectivity index (χ1v) is 9.91. The third kappa shape index (κ3) is 4.13. The van der Waals surface area contributed by atoms with Crippen molar-refractivity contribution in [3.63, 3.8) is 0 Å². The van der Waals surface area contributed by atoms with Crippen LogP contribution in [0, 0.1) is 17.1 Å². The van der Waals surface area contributed by atoms with Crippen LogP contribution in [-0.2, 0) is 19.6 Å². The zero-order chi connectivity index (χ0) is 20.4. The van der Waals surface area contributed by atoms with E-state index in [-0.39, 0.29) is 17.1 Å². The van der Waals surface area contributed by atoms with Gasteiger partial charge in [-0.3, -0.25) is 4.90 Å². The Bertz CT molecular complexity index is 949. The summed E-state index contributed by atoms with van der Waals surface area (Å²) in [6.07, 6.45) is 0.441. The van der Waals surface area contributed by atoms with Crippen LogP contribution in [-0.4, -0.2) is 47.7 Å². The van der Waals surface area contributed by atoms with Gasteiger partial charge in [0.2, 0.25) is 5.28 Å². The highest BCUT2D eigenvalue weighted by Gasteiger charge is 2.30. The quantitative estimate of drug-likeness (QED) is 0.750. The molecule has 0 radical (unpaired) electrons. The molecular weight excluding hydrogens is 395 g/mol. The molecule has 3 heterocycles. The predicted octanol–water partition coefficient (Wildman–Crippen LogP) is 2.49. The fraction of sp³-hybridized carbons (Fsp3) is 0.450. The molecule has 1 fully saturated rings. The second kappa shape index (κ2) is 8.49. The average Bonchev–Trinajstić information content (AvgIpc) is 3.11. The fourth-order valence-electron chi connectivity index (χ4n) is 4.02. The van der Waals surface area contributed by atoms with Crippen molar-refractivity contribution in [2.45, 2.75) is 32.1 Å². The molecule has 2 aromatic rings. The van der Waals surface area contributed by atoms with E-state index in [2.05, 4.69) is 31.2 Å². The Hall–Kier alpha value is -2.47. The molecular formula is C20H22ClFN6O. The maximum atomic E-state index is 14.4. The van der Waals surface area contributed by atoms with Crippen LogP contribution in [0.3, 0.4) is 0 Å². The number of aromatic nitrogens is 2. The largest absolute Gasteiger partial charge is 0.496 e. The summed E-state index contributed by atoms with van der Waals surface area (Å²) in [6.45, 7) is 3.82. The number of hydrogen-bond acceptors (Lipinski definition) is 7. The van der Waals surface area contributed by atoms with Gasteiger partial charge in [-0.05, 0) is 23.7 Å². The lowest BCUT2D eigenvalue weighted by Gasteiger charge is -2.34. The van der Waals surface area contributed by atoms with E-state index in [0.29, 0.717) is 43.9 Å². The normalized spacial score (nSPS) is 19.1. The Kier molecular flexibility index (Phi) is 5.81. The van der Waals surface area contributed by atoms with Crippen LogP contribution in [0.1, 0.15) is 23.2 Å². The molecule has 152 valence electrons. The first kappa shape index (κ1) is 19.8. The van der Waals surface area contributed by atoms with Crippen molar-refractivity contribution in [1.29, 1.82) is 5.26 Å². The summed E-state index contributed by atoms with van der Waals surface area (Å²) in [5.74, 6) is 1.06. The van der Waals surface area contributed by atoms with Gasteiger partial charge in [-0.25, -0.2) is 14.4 Å². The summed E-state index contributed by atoms with van der Waals surface area (Å²) in [7, 11) is 1.54. The molecule has 29 heavy (non-hydrogen) atoms. The van der Waals surface area contributed by atoms with Gasteiger partial charge in [0.25, 0.3) is 0 Å². The van der Waals surface area contributed by atoms with E-state index in [4.69, 9.17) is 21.6 Å². The first-order valence-electron chi connectivity index (χ1n) is 9.53. The molecule has 0 unspecified atom stereocenters. The molecule has 1 N–H and O–H groups in total. The molecule has 1 atom stereocenters. The first-order chi connectivity index (χ1) is 14.1. The summed E-state index contributed by atoms with van der Waals surface area (Å²) in [6, 6.07) is 7.16. The van der Waals surface area contributed by atoms with Gasteiger partial charge in [0, 0.05) is 56.4 Å². The zero-order valence-electron chi connectivity index (χ0n) is 16.2. The number of nitrogens with one attached hydrogen (secondary N) is 1. The van der Waals surface area contributed by atoms with Crippen molar-refractivity contribution in [2.24, 2.45) is 0 Å². The van der Waals surface area contributed by atoms with E-state index in [1.54, 1.807) is 19.2 Å². The lowest BCUT2D eigenvalue weighted by molar-refractivity contribution is 0.263. The molecule has 9 heteroatoms. The highest BCUT2D eigenvalue weighted by molar-refractivity contribution is 6.28. The van der Waals surface area contributed by atoms with Gasteiger partial charge in [-0.1, -0.05) is 6.07 Å². The Balaban J connectivity index is 1.57. The Labute approximate surface area is 174 Å². The number of piperazine rings is 1. The maximum absolute atomic E-state index is 14.4. The van der Waals surface area contributed by atoms with E-state index in [0.717, 1.165) is 30.2 Å². The molecule has 0 spiro atoms. The van der Waals surface area contributed by atoms with Crippen molar-refractivity contribution < 1.29 is 9.13 Å². The van der Waals surface area contributed by atoms with Crippen LogP contribution in [0.25, 0.3) is 0 Å². The minimum absolute atomic E-state index is 0.0957. The number of methoxy groups -OCH3 is 1. The maximum Gasteiger partial charge on any atom is 0.224 e. The number of nitrogens with zero attached hydrogens (tertiary/aromatic N) is 5. The van der Waals surface area contributed by atoms with Gasteiger partial charge in [-0.2, -0.15) is 5.26 Å². The smallest absolute Gasteiger partial charge is 0.224 e. The molecule has 0 bridgehead atoms. The van der Waals surface area contributed by atoms with E-state index < -0.39 is 0 Å². The summed E-state index contributed by atoms with van der Waals surface area (Å²) in [5.41, 5.74) is 2.41. The number of benzene rings is 1. The summed E-state index contributed by atoms with van der Waals surface area (Å²) < 4.78 is 19.7. The van der Waals surface area contributed by atoms with Crippen molar-refractivity contribution in [3.8, 4) is 11.8 Å². The van der Waals surface area contributed by atoms with E-state index in [9.17, 15) is 4.39 Å². The third-order valence-electron chi connectivity index (χ3n) is 5.37. The lowest BCUT2D eigenvalue weighted by atomic mass is 10.1. The van der Waals surface area contributed by atoms with Gasteiger partial charge >= 0.3 is 0 Å². The number of fused-ring (bicyclic) bond motifs is 1. The Morgan fingerprint density at radius 2 is 2.24 bits per heavy atom. The predicted molar refractivity (Wildman–Crippen MR) is 107 cm³/mol. The van der Waals surface area contributed by atoms with Crippen LogP contribution >= 0.6 is 11.6 Å². The topological polar surface area (TPSA) is 77.3 Å². The SMILES string of the molecule is COc1cccc(F)c1CN1Cc2nc(Cl)nc(N3CCN[C@@H](CC#N)C3)c2C1. The minimum atomic E-state index is -0.286. The van der Waals surface area contributed by atoms with Crippen LogP contribution in [0.4, 0.5) is 10.2 Å².